The van der Waals surface area contributed by atoms with Crippen molar-refractivity contribution in [2.24, 2.45) is 5.92 Å². The van der Waals surface area contributed by atoms with E-state index in [1.54, 1.807) is 52.2 Å². The van der Waals surface area contributed by atoms with Gasteiger partial charge in [-0.05, 0) is 54.6 Å². The van der Waals surface area contributed by atoms with Gasteiger partial charge in [0.05, 0.1) is 48.0 Å². The molecule has 0 unspecified atom stereocenters. The van der Waals surface area contributed by atoms with Crippen LogP contribution in [-0.2, 0) is 0 Å². The van der Waals surface area contributed by atoms with E-state index >= 15 is 0 Å². The number of alkyl halides is 3. The summed E-state index contributed by atoms with van der Waals surface area (Å²) < 4.78 is 69.9. The molecule has 2 atom stereocenters. The number of halogens is 5. The molecule has 38 heavy (non-hydrogen) atoms. The summed E-state index contributed by atoms with van der Waals surface area (Å²) in [6.07, 6.45) is 3.34. The minimum atomic E-state index is -2.31. The summed E-state index contributed by atoms with van der Waals surface area (Å²) >= 11 is 0. The first-order chi connectivity index (χ1) is 18.4. The van der Waals surface area contributed by atoms with Gasteiger partial charge in [0.2, 0.25) is 6.43 Å². The summed E-state index contributed by atoms with van der Waals surface area (Å²) in [5, 5.41) is 4.63. The number of nitrogens with zero attached hydrogens (tertiary/aromatic N) is 6. The highest BCUT2D eigenvalue weighted by Gasteiger charge is 2.36. The van der Waals surface area contributed by atoms with Gasteiger partial charge in [0.15, 0.2) is 5.65 Å². The maximum atomic E-state index is 14.5. The van der Waals surface area contributed by atoms with Gasteiger partial charge in [0.1, 0.15) is 23.6 Å². The molecule has 5 heterocycles. The lowest BCUT2D eigenvalue weighted by Crippen LogP contribution is -2.50. The third kappa shape index (κ3) is 4.57. The van der Waals surface area contributed by atoms with Crippen molar-refractivity contribution < 1.29 is 22.0 Å². The molecule has 11 heteroatoms. The number of hydrogen-bond donors (Lipinski definition) is 0. The number of benzene rings is 1. The minimum Gasteiger partial charge on any atom is -0.369 e. The Balaban J connectivity index is 1.23. The van der Waals surface area contributed by atoms with Crippen molar-refractivity contribution >= 4 is 29.3 Å². The largest absolute Gasteiger partial charge is 0.369 e. The van der Waals surface area contributed by atoms with Crippen LogP contribution in [0.2, 0.25) is 0 Å². The second-order valence-corrected chi connectivity index (χ2v) is 9.59. The fourth-order valence-corrected chi connectivity index (χ4v) is 4.99. The van der Waals surface area contributed by atoms with Gasteiger partial charge in [-0.2, -0.15) is 0 Å². The van der Waals surface area contributed by atoms with Crippen molar-refractivity contribution in [3.63, 3.8) is 0 Å². The number of imidazole rings is 1. The molecule has 4 aromatic rings. The van der Waals surface area contributed by atoms with Crippen LogP contribution in [0.5, 0.6) is 0 Å². The molecule has 0 spiro atoms. The molecule has 0 bridgehead atoms. The molecule has 0 amide bonds. The van der Waals surface area contributed by atoms with E-state index in [2.05, 4.69) is 15.1 Å². The van der Waals surface area contributed by atoms with Crippen LogP contribution in [0.3, 0.4) is 0 Å². The summed E-state index contributed by atoms with van der Waals surface area (Å²) in [6, 6.07) is 9.55. The van der Waals surface area contributed by atoms with Crippen molar-refractivity contribution in [2.45, 2.75) is 25.1 Å². The molecule has 2 saturated heterocycles. The summed E-state index contributed by atoms with van der Waals surface area (Å²) in [5.41, 5.74) is 2.75. The van der Waals surface area contributed by atoms with Crippen LogP contribution in [0.25, 0.3) is 17.8 Å². The normalized spacial score (nSPS) is 20.3. The van der Waals surface area contributed by atoms with Crippen molar-refractivity contribution in [3.8, 4) is 0 Å². The molecule has 0 radical (unpaired) electrons. The molecule has 196 valence electrons. The van der Waals surface area contributed by atoms with Gasteiger partial charge in [-0.15, -0.1) is 5.10 Å². The number of pyridine rings is 1. The minimum absolute atomic E-state index is 0.00431. The van der Waals surface area contributed by atoms with E-state index in [9.17, 15) is 22.0 Å². The summed E-state index contributed by atoms with van der Waals surface area (Å²) in [5.74, 6) is -1.36. The monoisotopic (exact) mass is 526 g/mol. The van der Waals surface area contributed by atoms with Gasteiger partial charge in [0, 0.05) is 25.1 Å². The van der Waals surface area contributed by atoms with Crippen LogP contribution in [-0.4, -0.2) is 51.8 Å². The smallest absolute Gasteiger partial charge is 0.244 e. The molecule has 6 rings (SSSR count). The molecular formula is C27H23F5N6. The molecule has 2 aliphatic rings. The Labute approximate surface area is 215 Å². The van der Waals surface area contributed by atoms with Crippen molar-refractivity contribution in [1.29, 1.82) is 0 Å². The van der Waals surface area contributed by atoms with E-state index in [4.69, 9.17) is 0 Å². The van der Waals surface area contributed by atoms with E-state index in [1.807, 2.05) is 11.0 Å². The zero-order valence-corrected chi connectivity index (χ0v) is 20.1. The first-order valence-corrected chi connectivity index (χ1v) is 12.2. The van der Waals surface area contributed by atoms with Gasteiger partial charge >= 0.3 is 0 Å². The average molecular weight is 527 g/mol. The van der Waals surface area contributed by atoms with E-state index in [0.29, 0.717) is 35.9 Å². The number of hydrogen-bond acceptors (Lipinski definition) is 5. The first-order valence-electron chi connectivity index (χ1n) is 12.2. The third-order valence-electron chi connectivity index (χ3n) is 7.06. The highest BCUT2D eigenvalue weighted by molar-refractivity contribution is 5.68. The summed E-state index contributed by atoms with van der Waals surface area (Å²) in [7, 11) is 0. The molecular weight excluding hydrogens is 503 g/mol. The fraction of sp³-hybridized carbons (Fsp3) is 0.296. The van der Waals surface area contributed by atoms with Gasteiger partial charge in [-0.1, -0.05) is 0 Å². The van der Waals surface area contributed by atoms with Gasteiger partial charge < -0.3 is 9.80 Å². The number of aromatic nitrogens is 4. The zero-order valence-electron chi connectivity index (χ0n) is 20.1. The third-order valence-corrected chi connectivity index (χ3v) is 7.06. The predicted molar refractivity (Wildman–Crippen MR) is 134 cm³/mol. The SMILES string of the molecule is Fc1ccc(F)c([C@H]2C[C@H](F)CN2c2ccc3ncc(/C=C/c4ccc(N5CC(C(F)F)C5)cn4)n3n2)c1. The van der Waals surface area contributed by atoms with Crippen molar-refractivity contribution in [2.75, 3.05) is 29.4 Å². The summed E-state index contributed by atoms with van der Waals surface area (Å²) in [4.78, 5) is 12.2. The van der Waals surface area contributed by atoms with Crippen LogP contribution >= 0.6 is 0 Å². The highest BCUT2D eigenvalue weighted by Crippen LogP contribution is 2.38. The Bertz CT molecular complexity index is 1480. The number of rotatable bonds is 6. The lowest BCUT2D eigenvalue weighted by Gasteiger charge is -2.40. The van der Waals surface area contributed by atoms with E-state index in [0.717, 1.165) is 23.9 Å². The Kier molecular flexibility index (Phi) is 6.21. The standard InChI is InChI=1S/C27H23F5N6/c28-17-1-6-23(30)22(9-17)24-10-18(29)15-37(24)26-8-7-25-34-12-21(38(25)35-26)5-3-19-2-4-20(11-33-19)36-13-16(14-36)27(31)32/h1-9,11-12,16,18,24,27H,10,13-15H2/b5-3+/t18-,24+/m0/s1. The molecule has 3 aromatic heterocycles. The molecule has 0 saturated carbocycles. The highest BCUT2D eigenvalue weighted by atomic mass is 19.3. The second kappa shape index (κ2) is 9.70. The van der Waals surface area contributed by atoms with E-state index in [-0.39, 0.29) is 18.5 Å². The Hall–Kier alpha value is -4.02. The predicted octanol–water partition coefficient (Wildman–Crippen LogP) is 5.56. The second-order valence-electron chi connectivity index (χ2n) is 9.59. The van der Waals surface area contributed by atoms with E-state index in [1.165, 1.54) is 0 Å². The fourth-order valence-electron chi connectivity index (χ4n) is 4.99. The molecule has 0 aliphatic carbocycles. The maximum absolute atomic E-state index is 14.5. The van der Waals surface area contributed by atoms with Crippen LogP contribution in [0.15, 0.2) is 54.9 Å². The van der Waals surface area contributed by atoms with E-state index < -0.39 is 36.2 Å². The quantitative estimate of drug-likeness (QED) is 0.308. The Morgan fingerprint density at radius 3 is 2.53 bits per heavy atom. The molecule has 2 aliphatic heterocycles. The topological polar surface area (TPSA) is 49.6 Å². The van der Waals surface area contributed by atoms with Crippen molar-refractivity contribution in [3.05, 3.63) is 83.4 Å². The molecule has 1 aromatic carbocycles. The van der Waals surface area contributed by atoms with Crippen LogP contribution in [0, 0.1) is 17.6 Å². The van der Waals surface area contributed by atoms with Crippen LogP contribution < -0.4 is 9.80 Å². The maximum Gasteiger partial charge on any atom is 0.244 e. The molecule has 0 N–H and O–H groups in total. The van der Waals surface area contributed by atoms with Gasteiger partial charge in [-0.25, -0.2) is 31.5 Å². The number of fused-ring (bicyclic) bond motifs is 1. The molecule has 6 nitrogen and oxygen atoms in total. The van der Waals surface area contributed by atoms with Crippen molar-refractivity contribution in [1.82, 2.24) is 19.6 Å². The molecule has 2 fully saturated rings. The summed E-state index contributed by atoms with van der Waals surface area (Å²) in [6.45, 7) is 0.638. The van der Waals surface area contributed by atoms with Crippen LogP contribution in [0.4, 0.5) is 33.5 Å². The lowest BCUT2D eigenvalue weighted by molar-refractivity contribution is 0.0614. The van der Waals surface area contributed by atoms with Gasteiger partial charge in [-0.3, -0.25) is 4.98 Å². The van der Waals surface area contributed by atoms with Crippen LogP contribution in [0.1, 0.15) is 29.4 Å². The first kappa shape index (κ1) is 24.3. The Morgan fingerprint density at radius 2 is 1.76 bits per heavy atom. The zero-order chi connectivity index (χ0) is 26.4. The number of anilines is 2. The lowest BCUT2D eigenvalue weighted by atomic mass is 10.0. The average Bonchev–Trinajstić information content (AvgIpc) is 3.46. The van der Waals surface area contributed by atoms with Gasteiger partial charge in [0.25, 0.3) is 0 Å². The Morgan fingerprint density at radius 1 is 0.921 bits per heavy atom.